The highest BCUT2D eigenvalue weighted by Crippen LogP contribution is 2.40. The van der Waals surface area contributed by atoms with Gasteiger partial charge < -0.3 is 0 Å². The second-order valence-electron chi connectivity index (χ2n) is 8.23. The first-order valence-corrected chi connectivity index (χ1v) is 10.8. The van der Waals surface area contributed by atoms with E-state index in [2.05, 4.69) is 112 Å². The van der Waals surface area contributed by atoms with Gasteiger partial charge in [-0.1, -0.05) is 111 Å². The van der Waals surface area contributed by atoms with Crippen LogP contribution in [0.1, 0.15) is 42.9 Å². The number of allylic oxidation sites excluding steroid dienone is 4. The van der Waals surface area contributed by atoms with Gasteiger partial charge in [0.2, 0.25) is 0 Å². The summed E-state index contributed by atoms with van der Waals surface area (Å²) >= 11 is 0. The molecule has 146 valence electrons. The quantitative estimate of drug-likeness (QED) is 0.420. The highest BCUT2D eigenvalue weighted by molar-refractivity contribution is 5.78. The Morgan fingerprint density at radius 1 is 0.759 bits per heavy atom. The zero-order valence-electron chi connectivity index (χ0n) is 17.7. The molecule has 29 heavy (non-hydrogen) atoms. The predicted molar refractivity (Wildman–Crippen MR) is 126 cm³/mol. The van der Waals surface area contributed by atoms with Crippen molar-refractivity contribution < 1.29 is 0 Å². The van der Waals surface area contributed by atoms with Crippen LogP contribution in [0.5, 0.6) is 0 Å². The summed E-state index contributed by atoms with van der Waals surface area (Å²) < 4.78 is 0. The molecule has 0 saturated carbocycles. The van der Waals surface area contributed by atoms with Gasteiger partial charge in [0.1, 0.15) is 0 Å². The third-order valence-electron chi connectivity index (χ3n) is 6.03. The first kappa shape index (κ1) is 19.5. The molecule has 0 heterocycles. The summed E-state index contributed by atoms with van der Waals surface area (Å²) in [6, 6.07) is 24.9. The molecule has 2 unspecified atom stereocenters. The molecule has 0 bridgehead atoms. The molecule has 0 aliphatic heterocycles. The SMILES string of the molecule is CCCc1ccccc1-c1cc(-c2ccc(C)cc2)ccc1C1C=CC=CC1C. The first-order chi connectivity index (χ1) is 14.2. The molecule has 3 aromatic rings. The standard InChI is InChI=1S/C29H30/c1-4-9-24-11-6-8-13-27(24)29-20-25(23-16-14-21(2)15-17-23)18-19-28(29)26-12-7-5-10-22(26)3/h5-8,10-20,22,26H,4,9H2,1-3H3. The maximum atomic E-state index is 2.41. The van der Waals surface area contributed by atoms with E-state index in [1.165, 1.54) is 38.9 Å². The van der Waals surface area contributed by atoms with Gasteiger partial charge in [-0.25, -0.2) is 0 Å². The smallest absolute Gasteiger partial charge is 0.00875 e. The highest BCUT2D eigenvalue weighted by atomic mass is 14.3. The summed E-state index contributed by atoms with van der Waals surface area (Å²) in [6.45, 7) is 6.72. The Morgan fingerprint density at radius 2 is 1.48 bits per heavy atom. The van der Waals surface area contributed by atoms with Crippen LogP contribution >= 0.6 is 0 Å². The van der Waals surface area contributed by atoms with E-state index in [-0.39, 0.29) is 0 Å². The van der Waals surface area contributed by atoms with Gasteiger partial charge in [-0.15, -0.1) is 0 Å². The molecule has 0 radical (unpaired) electrons. The van der Waals surface area contributed by atoms with Crippen LogP contribution in [0.3, 0.4) is 0 Å². The van der Waals surface area contributed by atoms with E-state index in [0.717, 1.165) is 12.8 Å². The molecule has 2 atom stereocenters. The van der Waals surface area contributed by atoms with E-state index in [9.17, 15) is 0 Å². The van der Waals surface area contributed by atoms with Crippen LogP contribution < -0.4 is 0 Å². The van der Waals surface area contributed by atoms with Gasteiger partial charge in [-0.2, -0.15) is 0 Å². The summed E-state index contributed by atoms with van der Waals surface area (Å²) in [6.07, 6.45) is 11.3. The van der Waals surface area contributed by atoms with Crippen molar-refractivity contribution in [2.75, 3.05) is 0 Å². The molecule has 1 aliphatic rings. The molecule has 0 saturated heterocycles. The molecule has 0 N–H and O–H groups in total. The minimum Gasteiger partial charge on any atom is -0.0808 e. The fraction of sp³-hybridized carbons (Fsp3) is 0.241. The average molecular weight is 379 g/mol. The predicted octanol–water partition coefficient (Wildman–Crippen LogP) is 8.13. The van der Waals surface area contributed by atoms with E-state index in [1.54, 1.807) is 0 Å². The highest BCUT2D eigenvalue weighted by Gasteiger charge is 2.21. The molecule has 0 heteroatoms. The zero-order valence-corrected chi connectivity index (χ0v) is 17.7. The number of hydrogen-bond acceptors (Lipinski definition) is 0. The Hall–Kier alpha value is -2.86. The summed E-state index contributed by atoms with van der Waals surface area (Å²) in [5.74, 6) is 0.916. The van der Waals surface area contributed by atoms with Crippen LogP contribution in [0.25, 0.3) is 22.3 Å². The fourth-order valence-corrected chi connectivity index (χ4v) is 4.38. The molecule has 0 fully saturated rings. The largest absolute Gasteiger partial charge is 0.0808 e. The third-order valence-corrected chi connectivity index (χ3v) is 6.03. The molecule has 0 aromatic heterocycles. The first-order valence-electron chi connectivity index (χ1n) is 10.8. The van der Waals surface area contributed by atoms with Crippen LogP contribution in [0.2, 0.25) is 0 Å². The molecular formula is C29H30. The van der Waals surface area contributed by atoms with E-state index in [1.807, 2.05) is 0 Å². The van der Waals surface area contributed by atoms with Crippen molar-refractivity contribution in [1.29, 1.82) is 0 Å². The Balaban J connectivity index is 1.89. The maximum absolute atomic E-state index is 2.41. The van der Waals surface area contributed by atoms with E-state index in [0.29, 0.717) is 11.8 Å². The Morgan fingerprint density at radius 3 is 2.24 bits per heavy atom. The van der Waals surface area contributed by atoms with Gasteiger partial charge in [0, 0.05) is 5.92 Å². The topological polar surface area (TPSA) is 0 Å². The van der Waals surface area contributed by atoms with Gasteiger partial charge in [0.25, 0.3) is 0 Å². The van der Waals surface area contributed by atoms with E-state index >= 15 is 0 Å². The van der Waals surface area contributed by atoms with E-state index < -0.39 is 0 Å². The van der Waals surface area contributed by atoms with Crippen LogP contribution in [0.4, 0.5) is 0 Å². The molecule has 0 nitrogen and oxygen atoms in total. The number of benzene rings is 3. The molecule has 1 aliphatic carbocycles. The van der Waals surface area contributed by atoms with Gasteiger partial charge in [-0.3, -0.25) is 0 Å². The van der Waals surface area contributed by atoms with Gasteiger partial charge in [0.05, 0.1) is 0 Å². The summed E-state index contributed by atoms with van der Waals surface area (Å²) in [4.78, 5) is 0. The Labute approximate surface area is 175 Å². The van der Waals surface area contributed by atoms with Crippen molar-refractivity contribution in [3.8, 4) is 22.3 Å². The van der Waals surface area contributed by atoms with E-state index in [4.69, 9.17) is 0 Å². The third kappa shape index (κ3) is 4.12. The minimum atomic E-state index is 0.414. The normalized spacial score (nSPS) is 18.2. The summed E-state index contributed by atoms with van der Waals surface area (Å²) in [7, 11) is 0. The van der Waals surface area contributed by atoms with Crippen molar-refractivity contribution >= 4 is 0 Å². The van der Waals surface area contributed by atoms with Gasteiger partial charge in [0.15, 0.2) is 0 Å². The lowest BCUT2D eigenvalue weighted by Gasteiger charge is -2.25. The molecule has 4 rings (SSSR count). The molecular weight excluding hydrogens is 348 g/mol. The van der Waals surface area contributed by atoms with Crippen LogP contribution in [0.15, 0.2) is 91.0 Å². The average Bonchev–Trinajstić information content (AvgIpc) is 2.75. The Kier molecular flexibility index (Phi) is 5.81. The number of rotatable bonds is 5. The lowest BCUT2D eigenvalue weighted by molar-refractivity contribution is 0.636. The monoisotopic (exact) mass is 378 g/mol. The lowest BCUT2D eigenvalue weighted by atomic mass is 9.79. The van der Waals surface area contributed by atoms with Crippen molar-refractivity contribution in [2.45, 2.75) is 39.5 Å². The molecule has 0 amide bonds. The van der Waals surface area contributed by atoms with Crippen molar-refractivity contribution in [2.24, 2.45) is 5.92 Å². The van der Waals surface area contributed by atoms with Gasteiger partial charge in [-0.05, 0) is 58.7 Å². The second kappa shape index (κ2) is 8.66. The second-order valence-corrected chi connectivity index (χ2v) is 8.23. The number of aryl methyl sites for hydroxylation is 2. The molecule has 3 aromatic carbocycles. The van der Waals surface area contributed by atoms with Crippen LogP contribution in [-0.2, 0) is 6.42 Å². The van der Waals surface area contributed by atoms with Crippen molar-refractivity contribution in [3.63, 3.8) is 0 Å². The fourth-order valence-electron chi connectivity index (χ4n) is 4.38. The van der Waals surface area contributed by atoms with Crippen LogP contribution in [-0.4, -0.2) is 0 Å². The van der Waals surface area contributed by atoms with Crippen molar-refractivity contribution in [3.05, 3.63) is 108 Å². The summed E-state index contributed by atoms with van der Waals surface area (Å²) in [5, 5.41) is 0. The maximum Gasteiger partial charge on any atom is 0.00875 e. The lowest BCUT2D eigenvalue weighted by Crippen LogP contribution is -2.09. The Bertz CT molecular complexity index is 1030. The minimum absolute atomic E-state index is 0.414. The van der Waals surface area contributed by atoms with Crippen molar-refractivity contribution in [1.82, 2.24) is 0 Å². The zero-order chi connectivity index (χ0) is 20.2. The molecule has 0 spiro atoms. The van der Waals surface area contributed by atoms with Gasteiger partial charge >= 0.3 is 0 Å². The van der Waals surface area contributed by atoms with Crippen LogP contribution in [0, 0.1) is 12.8 Å². The number of hydrogen-bond donors (Lipinski definition) is 0. The summed E-state index contributed by atoms with van der Waals surface area (Å²) in [5.41, 5.74) is 9.50.